The molecule has 0 saturated carbocycles. The Morgan fingerprint density at radius 3 is 2.54 bits per heavy atom. The minimum Gasteiger partial charge on any atom is -0.491 e. The first-order chi connectivity index (χ1) is 6.26. The van der Waals surface area contributed by atoms with Gasteiger partial charge in [-0.3, -0.25) is 0 Å². The van der Waals surface area contributed by atoms with E-state index in [0.717, 1.165) is 17.8 Å². The Hall–Kier alpha value is -1.02. The molecule has 0 aromatic rings. The fourth-order valence-corrected chi connectivity index (χ4v) is 0.784. The van der Waals surface area contributed by atoms with Gasteiger partial charge in [-0.15, -0.1) is 0 Å². The third-order valence-corrected chi connectivity index (χ3v) is 1.59. The van der Waals surface area contributed by atoms with Crippen molar-refractivity contribution in [2.45, 2.75) is 13.3 Å². The molecule has 0 amide bonds. The molecule has 0 saturated heterocycles. The largest absolute Gasteiger partial charge is 0.491 e. The number of methoxy groups -OCH3 is 1. The van der Waals surface area contributed by atoms with E-state index >= 15 is 0 Å². The first-order valence-electron chi connectivity index (χ1n) is 4.38. The molecule has 13 heavy (non-hydrogen) atoms. The van der Waals surface area contributed by atoms with Crippen molar-refractivity contribution in [1.29, 1.82) is 0 Å². The monoisotopic (exact) mass is 182 g/mol. The van der Waals surface area contributed by atoms with E-state index in [-0.39, 0.29) is 0 Å². The predicted octanol–water partition coefficient (Wildman–Crippen LogP) is 2.69. The van der Waals surface area contributed by atoms with Gasteiger partial charge in [-0.1, -0.05) is 26.2 Å². The van der Waals surface area contributed by atoms with Gasteiger partial charge in [0.15, 0.2) is 0 Å². The second kappa shape index (κ2) is 7.62. The number of rotatable bonds is 7. The van der Waals surface area contributed by atoms with Gasteiger partial charge < -0.3 is 9.47 Å². The molecule has 0 N–H and O–H groups in total. The summed E-state index contributed by atoms with van der Waals surface area (Å²) in [6.07, 6.45) is 4.40. The molecule has 0 aliphatic rings. The lowest BCUT2D eigenvalue weighted by atomic mass is 10.2. The van der Waals surface area contributed by atoms with Gasteiger partial charge in [0.2, 0.25) is 0 Å². The van der Waals surface area contributed by atoms with E-state index in [1.807, 2.05) is 13.0 Å². The van der Waals surface area contributed by atoms with Crippen LogP contribution in [0, 0.1) is 0 Å². The van der Waals surface area contributed by atoms with Gasteiger partial charge in [0.25, 0.3) is 0 Å². The van der Waals surface area contributed by atoms with E-state index in [2.05, 4.69) is 13.2 Å². The maximum absolute atomic E-state index is 5.44. The third-order valence-electron chi connectivity index (χ3n) is 1.59. The fourth-order valence-electron chi connectivity index (χ4n) is 0.784. The lowest BCUT2D eigenvalue weighted by Gasteiger charge is -2.10. The summed E-state index contributed by atoms with van der Waals surface area (Å²) in [5, 5.41) is 0. The average Bonchev–Trinajstić information content (AvgIpc) is 2.16. The van der Waals surface area contributed by atoms with Crippen molar-refractivity contribution in [3.63, 3.8) is 0 Å². The fraction of sp³-hybridized carbons (Fsp3) is 0.455. The first-order valence-corrected chi connectivity index (χ1v) is 4.38. The Bertz CT molecular complexity index is 192. The molecule has 0 rings (SSSR count). The molecule has 0 bridgehead atoms. The van der Waals surface area contributed by atoms with Crippen molar-refractivity contribution < 1.29 is 9.47 Å². The van der Waals surface area contributed by atoms with Gasteiger partial charge in [-0.05, 0) is 18.1 Å². The molecule has 0 aromatic carbocycles. The minimum atomic E-state index is 0.551. The molecule has 0 unspecified atom stereocenters. The zero-order valence-electron chi connectivity index (χ0n) is 8.51. The summed E-state index contributed by atoms with van der Waals surface area (Å²) in [5.74, 6) is 0.801. The van der Waals surface area contributed by atoms with E-state index < -0.39 is 0 Å². The maximum atomic E-state index is 5.44. The molecule has 0 aromatic heterocycles. The van der Waals surface area contributed by atoms with Crippen LogP contribution >= 0.6 is 0 Å². The Labute approximate surface area is 80.5 Å². The zero-order valence-corrected chi connectivity index (χ0v) is 8.51. The summed E-state index contributed by atoms with van der Waals surface area (Å²) in [7, 11) is 1.65. The van der Waals surface area contributed by atoms with Crippen molar-refractivity contribution in [1.82, 2.24) is 0 Å². The number of ether oxygens (including phenoxy) is 2. The molecule has 2 nitrogen and oxygen atoms in total. The quantitative estimate of drug-likeness (QED) is 0.342. The van der Waals surface area contributed by atoms with Crippen LogP contribution in [0.25, 0.3) is 0 Å². The van der Waals surface area contributed by atoms with Crippen LogP contribution in [0.4, 0.5) is 0 Å². The van der Waals surface area contributed by atoms with E-state index in [9.17, 15) is 0 Å². The van der Waals surface area contributed by atoms with Crippen LogP contribution < -0.4 is 0 Å². The number of allylic oxidation sites excluding steroid dienone is 3. The van der Waals surface area contributed by atoms with Crippen molar-refractivity contribution in [3.8, 4) is 0 Å². The summed E-state index contributed by atoms with van der Waals surface area (Å²) in [5.41, 5.74) is 0.982. The lowest BCUT2D eigenvalue weighted by Crippen LogP contribution is -2.02. The average molecular weight is 182 g/mol. The van der Waals surface area contributed by atoms with Crippen LogP contribution in [0.15, 0.2) is 36.6 Å². The summed E-state index contributed by atoms with van der Waals surface area (Å²) in [6, 6.07) is 0. The smallest absolute Gasteiger partial charge is 0.121 e. The van der Waals surface area contributed by atoms with Crippen LogP contribution in [-0.4, -0.2) is 20.3 Å². The number of hydrogen-bond acceptors (Lipinski definition) is 2. The summed E-state index contributed by atoms with van der Waals surface area (Å²) in [4.78, 5) is 0. The Morgan fingerprint density at radius 1 is 1.38 bits per heavy atom. The van der Waals surface area contributed by atoms with E-state index in [4.69, 9.17) is 9.47 Å². The molecule has 74 valence electrons. The SMILES string of the molecule is C=C/C=C(/OCCOC)C(=C)CC. The van der Waals surface area contributed by atoms with E-state index in [1.54, 1.807) is 13.2 Å². The topological polar surface area (TPSA) is 18.5 Å². The van der Waals surface area contributed by atoms with Crippen molar-refractivity contribution in [2.75, 3.05) is 20.3 Å². The highest BCUT2D eigenvalue weighted by molar-refractivity contribution is 5.25. The van der Waals surface area contributed by atoms with Gasteiger partial charge >= 0.3 is 0 Å². The molecule has 0 fully saturated rings. The van der Waals surface area contributed by atoms with Crippen LogP contribution in [0.2, 0.25) is 0 Å². The van der Waals surface area contributed by atoms with Gasteiger partial charge in [0, 0.05) is 7.11 Å². The van der Waals surface area contributed by atoms with Gasteiger partial charge in [0.1, 0.15) is 12.4 Å². The molecule has 0 heterocycles. The second-order valence-corrected chi connectivity index (χ2v) is 2.56. The summed E-state index contributed by atoms with van der Waals surface area (Å²) in [6.45, 7) is 10.7. The molecule has 2 heteroatoms. The highest BCUT2D eigenvalue weighted by Gasteiger charge is 2.00. The minimum absolute atomic E-state index is 0.551. The Morgan fingerprint density at radius 2 is 2.08 bits per heavy atom. The zero-order chi connectivity index (χ0) is 10.1. The summed E-state index contributed by atoms with van der Waals surface area (Å²) >= 11 is 0. The highest BCUT2D eigenvalue weighted by atomic mass is 16.5. The molecule has 0 aliphatic carbocycles. The normalized spacial score (nSPS) is 11.1. The van der Waals surface area contributed by atoms with Gasteiger partial charge in [-0.25, -0.2) is 0 Å². The van der Waals surface area contributed by atoms with Crippen LogP contribution in [-0.2, 0) is 9.47 Å². The highest BCUT2D eigenvalue weighted by Crippen LogP contribution is 2.12. The van der Waals surface area contributed by atoms with Gasteiger partial charge in [-0.2, -0.15) is 0 Å². The molecular weight excluding hydrogens is 164 g/mol. The first kappa shape index (κ1) is 12.0. The second-order valence-electron chi connectivity index (χ2n) is 2.56. The molecule has 0 atom stereocenters. The summed E-state index contributed by atoms with van der Waals surface area (Å²) < 4.78 is 10.3. The third kappa shape index (κ3) is 5.26. The number of hydrogen-bond donors (Lipinski definition) is 0. The maximum Gasteiger partial charge on any atom is 0.121 e. The van der Waals surface area contributed by atoms with Crippen molar-refractivity contribution in [3.05, 3.63) is 36.6 Å². The molecule has 0 spiro atoms. The standard InChI is InChI=1S/C11H18O2/c1-5-7-11(10(3)6-2)13-9-8-12-4/h5,7H,1,3,6,8-9H2,2,4H3/b11-7+. The van der Waals surface area contributed by atoms with Crippen LogP contribution in [0.1, 0.15) is 13.3 Å². The van der Waals surface area contributed by atoms with E-state index in [1.165, 1.54) is 0 Å². The van der Waals surface area contributed by atoms with Crippen molar-refractivity contribution >= 4 is 0 Å². The molecular formula is C11H18O2. The predicted molar refractivity (Wildman–Crippen MR) is 55.5 cm³/mol. The van der Waals surface area contributed by atoms with E-state index in [0.29, 0.717) is 13.2 Å². The van der Waals surface area contributed by atoms with Crippen molar-refractivity contribution in [2.24, 2.45) is 0 Å². The van der Waals surface area contributed by atoms with Gasteiger partial charge in [0.05, 0.1) is 6.61 Å². The molecule has 0 aliphatic heterocycles. The lowest BCUT2D eigenvalue weighted by molar-refractivity contribution is 0.112. The van der Waals surface area contributed by atoms with Crippen LogP contribution in [0.5, 0.6) is 0 Å². The Kier molecular flexibility index (Phi) is 7.02. The van der Waals surface area contributed by atoms with Crippen LogP contribution in [0.3, 0.4) is 0 Å². The molecule has 0 radical (unpaired) electrons. The Balaban J connectivity index is 4.03.